The third-order valence-electron chi connectivity index (χ3n) is 3.26. The Balaban J connectivity index is 2.26. The van der Waals surface area contributed by atoms with E-state index >= 15 is 0 Å². The molecule has 0 aromatic heterocycles. The second kappa shape index (κ2) is 4.73. The van der Waals surface area contributed by atoms with E-state index in [0.29, 0.717) is 0 Å². The number of halogens is 1. The lowest BCUT2D eigenvalue weighted by atomic mass is 9.75. The standard InChI is InChI=1S/C15H19ClO/c1-15(2)9-12(8-13(16)10-15)11-4-6-14(17-3)7-5-11/h4-8,13H,9-10H2,1-3H3. The second-order valence-electron chi connectivity index (χ2n) is 5.48. The van der Waals surface area contributed by atoms with Crippen molar-refractivity contribution in [2.45, 2.75) is 32.1 Å². The molecule has 1 atom stereocenters. The summed E-state index contributed by atoms with van der Waals surface area (Å²) in [4.78, 5) is 0. The molecule has 0 saturated carbocycles. The average Bonchev–Trinajstić information content (AvgIpc) is 2.26. The quantitative estimate of drug-likeness (QED) is 0.702. The van der Waals surface area contributed by atoms with E-state index in [4.69, 9.17) is 16.3 Å². The molecule has 17 heavy (non-hydrogen) atoms. The summed E-state index contributed by atoms with van der Waals surface area (Å²) in [6.45, 7) is 4.55. The van der Waals surface area contributed by atoms with Crippen LogP contribution in [0.1, 0.15) is 32.3 Å². The van der Waals surface area contributed by atoms with Gasteiger partial charge in [-0.15, -0.1) is 11.6 Å². The van der Waals surface area contributed by atoms with Crippen molar-refractivity contribution in [2.24, 2.45) is 5.41 Å². The largest absolute Gasteiger partial charge is 0.497 e. The number of hydrogen-bond acceptors (Lipinski definition) is 1. The van der Waals surface area contributed by atoms with Crippen LogP contribution in [-0.2, 0) is 0 Å². The van der Waals surface area contributed by atoms with Crippen LogP contribution in [0.2, 0.25) is 0 Å². The fraction of sp³-hybridized carbons (Fsp3) is 0.467. The Bertz CT molecular complexity index is 417. The van der Waals surface area contributed by atoms with Crippen molar-refractivity contribution < 1.29 is 4.74 Å². The maximum absolute atomic E-state index is 6.30. The number of benzene rings is 1. The van der Waals surface area contributed by atoms with Crippen LogP contribution >= 0.6 is 11.6 Å². The van der Waals surface area contributed by atoms with Crippen LogP contribution in [0.5, 0.6) is 5.75 Å². The number of rotatable bonds is 2. The van der Waals surface area contributed by atoms with Gasteiger partial charge < -0.3 is 4.74 Å². The highest BCUT2D eigenvalue weighted by atomic mass is 35.5. The third-order valence-corrected chi connectivity index (χ3v) is 3.54. The highest BCUT2D eigenvalue weighted by molar-refractivity contribution is 6.22. The maximum atomic E-state index is 6.30. The van der Waals surface area contributed by atoms with Crippen LogP contribution in [0.15, 0.2) is 30.3 Å². The summed E-state index contributed by atoms with van der Waals surface area (Å²) in [5, 5.41) is 0.149. The smallest absolute Gasteiger partial charge is 0.118 e. The molecule has 0 spiro atoms. The molecule has 0 heterocycles. The monoisotopic (exact) mass is 250 g/mol. The van der Waals surface area contributed by atoms with E-state index in [2.05, 4.69) is 32.1 Å². The molecule has 0 fully saturated rings. The number of alkyl halides is 1. The van der Waals surface area contributed by atoms with Crippen LogP contribution in [0.3, 0.4) is 0 Å². The van der Waals surface area contributed by atoms with Crippen LogP contribution < -0.4 is 4.74 Å². The van der Waals surface area contributed by atoms with Gasteiger partial charge in [-0.2, -0.15) is 0 Å². The minimum absolute atomic E-state index is 0.149. The Morgan fingerprint density at radius 2 is 1.88 bits per heavy atom. The van der Waals surface area contributed by atoms with Gasteiger partial charge in [0.15, 0.2) is 0 Å². The van der Waals surface area contributed by atoms with Crippen LogP contribution in [-0.4, -0.2) is 12.5 Å². The zero-order valence-electron chi connectivity index (χ0n) is 10.7. The van der Waals surface area contributed by atoms with E-state index in [1.807, 2.05) is 12.1 Å². The first-order valence-corrected chi connectivity index (χ1v) is 6.43. The molecule has 0 N–H and O–H groups in total. The molecule has 1 nitrogen and oxygen atoms in total. The van der Waals surface area contributed by atoms with Crippen molar-refractivity contribution in [3.05, 3.63) is 35.9 Å². The molecule has 1 unspecified atom stereocenters. The molecule has 2 heteroatoms. The van der Waals surface area contributed by atoms with Gasteiger partial charge in [0.1, 0.15) is 5.75 Å². The number of ether oxygens (including phenoxy) is 1. The summed E-state index contributed by atoms with van der Waals surface area (Å²) in [5.74, 6) is 0.895. The van der Waals surface area contributed by atoms with E-state index < -0.39 is 0 Å². The first-order chi connectivity index (χ1) is 8.00. The predicted octanol–water partition coefficient (Wildman–Crippen LogP) is 4.51. The minimum atomic E-state index is 0.149. The normalized spacial score (nSPS) is 23.1. The highest BCUT2D eigenvalue weighted by Crippen LogP contribution is 2.41. The van der Waals surface area contributed by atoms with Gasteiger partial charge in [0.05, 0.1) is 12.5 Å². The van der Waals surface area contributed by atoms with Crippen LogP contribution in [0.4, 0.5) is 0 Å². The average molecular weight is 251 g/mol. The molecule has 1 aliphatic rings. The molecule has 2 rings (SSSR count). The van der Waals surface area contributed by atoms with Crippen LogP contribution in [0, 0.1) is 5.41 Å². The summed E-state index contributed by atoms with van der Waals surface area (Å²) < 4.78 is 5.17. The van der Waals surface area contributed by atoms with E-state index in [9.17, 15) is 0 Å². The van der Waals surface area contributed by atoms with Crippen molar-refractivity contribution in [2.75, 3.05) is 7.11 Å². The minimum Gasteiger partial charge on any atom is -0.497 e. The second-order valence-corrected chi connectivity index (χ2v) is 6.04. The molecule has 0 aliphatic heterocycles. The SMILES string of the molecule is COc1ccc(C2=CC(Cl)CC(C)(C)C2)cc1. The van der Waals surface area contributed by atoms with E-state index in [0.717, 1.165) is 18.6 Å². The fourth-order valence-electron chi connectivity index (χ4n) is 2.46. The summed E-state index contributed by atoms with van der Waals surface area (Å²) in [7, 11) is 1.69. The van der Waals surface area contributed by atoms with Crippen molar-refractivity contribution in [3.63, 3.8) is 0 Å². The topological polar surface area (TPSA) is 9.23 Å². The van der Waals surface area contributed by atoms with Gasteiger partial charge in [0.25, 0.3) is 0 Å². The zero-order valence-corrected chi connectivity index (χ0v) is 11.4. The highest BCUT2D eigenvalue weighted by Gasteiger charge is 2.28. The Hall–Kier alpha value is -0.950. The van der Waals surface area contributed by atoms with Gasteiger partial charge in [0.2, 0.25) is 0 Å². The first kappa shape index (κ1) is 12.5. The molecule has 0 amide bonds. The van der Waals surface area contributed by atoms with Gasteiger partial charge in [0, 0.05) is 0 Å². The number of methoxy groups -OCH3 is 1. The van der Waals surface area contributed by atoms with Gasteiger partial charge >= 0.3 is 0 Å². The Morgan fingerprint density at radius 1 is 1.24 bits per heavy atom. The zero-order chi connectivity index (χ0) is 12.5. The molecule has 92 valence electrons. The van der Waals surface area contributed by atoms with Crippen molar-refractivity contribution in [1.29, 1.82) is 0 Å². The van der Waals surface area contributed by atoms with Gasteiger partial charge in [-0.25, -0.2) is 0 Å². The van der Waals surface area contributed by atoms with Gasteiger partial charge in [-0.1, -0.05) is 32.1 Å². The number of hydrogen-bond donors (Lipinski definition) is 0. The maximum Gasteiger partial charge on any atom is 0.118 e. The molecular formula is C15H19ClO. The Labute approximate surface area is 108 Å². The molecule has 1 aromatic rings. The van der Waals surface area contributed by atoms with Crippen molar-refractivity contribution in [3.8, 4) is 5.75 Å². The third kappa shape index (κ3) is 3.04. The Morgan fingerprint density at radius 3 is 2.41 bits per heavy atom. The van der Waals surface area contributed by atoms with E-state index in [1.54, 1.807) is 7.11 Å². The van der Waals surface area contributed by atoms with Gasteiger partial charge in [-0.3, -0.25) is 0 Å². The lowest BCUT2D eigenvalue weighted by Gasteiger charge is -2.32. The van der Waals surface area contributed by atoms with Crippen LogP contribution in [0.25, 0.3) is 5.57 Å². The van der Waals surface area contributed by atoms with Crippen molar-refractivity contribution >= 4 is 17.2 Å². The fourth-order valence-corrected chi connectivity index (χ4v) is 3.02. The molecular weight excluding hydrogens is 232 g/mol. The van der Waals surface area contributed by atoms with E-state index in [1.165, 1.54) is 11.1 Å². The summed E-state index contributed by atoms with van der Waals surface area (Å²) in [6.07, 6.45) is 4.32. The molecule has 1 aliphatic carbocycles. The lowest BCUT2D eigenvalue weighted by Crippen LogP contribution is -2.21. The Kier molecular flexibility index (Phi) is 3.48. The lowest BCUT2D eigenvalue weighted by molar-refractivity contribution is 0.340. The van der Waals surface area contributed by atoms with E-state index in [-0.39, 0.29) is 10.8 Å². The molecule has 0 radical (unpaired) electrons. The molecule has 0 saturated heterocycles. The first-order valence-electron chi connectivity index (χ1n) is 5.99. The molecule has 1 aromatic carbocycles. The summed E-state index contributed by atoms with van der Waals surface area (Å²) in [5.41, 5.74) is 2.89. The predicted molar refractivity (Wildman–Crippen MR) is 73.6 cm³/mol. The van der Waals surface area contributed by atoms with Gasteiger partial charge in [-0.05, 0) is 41.5 Å². The number of allylic oxidation sites excluding steroid dienone is 2. The summed E-state index contributed by atoms with van der Waals surface area (Å²) >= 11 is 6.30. The van der Waals surface area contributed by atoms with Crippen molar-refractivity contribution in [1.82, 2.24) is 0 Å². The summed E-state index contributed by atoms with van der Waals surface area (Å²) in [6, 6.07) is 8.22. The molecule has 0 bridgehead atoms.